The van der Waals surface area contributed by atoms with E-state index in [0.29, 0.717) is 29.3 Å². The van der Waals surface area contributed by atoms with Gasteiger partial charge in [0.1, 0.15) is 5.52 Å². The molecule has 0 spiro atoms. The standard InChI is InChI=1S/C23H18N4O3/c28-21(9-10-22-27-19-3-1-2-4-20(19)30-22)25-15-16-5-7-17(8-6-16)23(29)26-18-11-13-24-14-12-18/h1-14H,15H2,(H,25,28)(H,24,26,29)/b10-9+. The number of rotatable bonds is 6. The average Bonchev–Trinajstić information content (AvgIpc) is 3.20. The Morgan fingerprint density at radius 3 is 2.50 bits per heavy atom. The molecule has 2 aromatic carbocycles. The average molecular weight is 398 g/mol. The normalized spacial score (nSPS) is 10.9. The van der Waals surface area contributed by atoms with Crippen LogP contribution >= 0.6 is 0 Å². The van der Waals surface area contributed by atoms with Gasteiger partial charge in [-0.2, -0.15) is 0 Å². The third kappa shape index (κ3) is 4.77. The molecule has 148 valence electrons. The fourth-order valence-corrected chi connectivity index (χ4v) is 2.77. The number of pyridine rings is 1. The van der Waals surface area contributed by atoms with Crippen molar-refractivity contribution in [1.82, 2.24) is 15.3 Å². The van der Waals surface area contributed by atoms with Gasteiger partial charge in [-0.1, -0.05) is 24.3 Å². The van der Waals surface area contributed by atoms with E-state index in [1.54, 1.807) is 48.8 Å². The van der Waals surface area contributed by atoms with Crippen molar-refractivity contribution in [2.75, 3.05) is 5.32 Å². The highest BCUT2D eigenvalue weighted by Gasteiger charge is 2.06. The van der Waals surface area contributed by atoms with Crippen molar-refractivity contribution in [3.63, 3.8) is 0 Å². The second kappa shape index (κ2) is 8.83. The second-order valence-corrected chi connectivity index (χ2v) is 6.46. The third-order valence-electron chi connectivity index (χ3n) is 4.31. The predicted octanol–water partition coefficient (Wildman–Crippen LogP) is 3.80. The van der Waals surface area contributed by atoms with Crippen molar-refractivity contribution in [1.29, 1.82) is 0 Å². The van der Waals surface area contributed by atoms with Gasteiger partial charge in [0.05, 0.1) is 0 Å². The summed E-state index contributed by atoms with van der Waals surface area (Å²) >= 11 is 0. The molecular formula is C23H18N4O3. The van der Waals surface area contributed by atoms with Gasteiger partial charge in [0.15, 0.2) is 5.58 Å². The Bertz CT molecular complexity index is 1170. The molecule has 2 amide bonds. The lowest BCUT2D eigenvalue weighted by Gasteiger charge is -2.06. The number of oxazole rings is 1. The molecule has 2 heterocycles. The highest BCUT2D eigenvalue weighted by Crippen LogP contribution is 2.15. The molecule has 2 aromatic heterocycles. The van der Waals surface area contributed by atoms with Crippen molar-refractivity contribution >= 4 is 34.7 Å². The summed E-state index contributed by atoms with van der Waals surface area (Å²) in [5, 5.41) is 5.59. The first-order valence-corrected chi connectivity index (χ1v) is 9.29. The summed E-state index contributed by atoms with van der Waals surface area (Å²) in [5.41, 5.74) is 3.49. The van der Waals surface area contributed by atoms with Crippen molar-refractivity contribution < 1.29 is 14.0 Å². The zero-order valence-corrected chi connectivity index (χ0v) is 15.9. The van der Waals surface area contributed by atoms with Gasteiger partial charge in [0.25, 0.3) is 5.91 Å². The molecule has 30 heavy (non-hydrogen) atoms. The molecule has 2 N–H and O–H groups in total. The topological polar surface area (TPSA) is 97.1 Å². The molecule has 0 aliphatic rings. The number of para-hydroxylation sites is 2. The zero-order valence-electron chi connectivity index (χ0n) is 15.9. The lowest BCUT2D eigenvalue weighted by molar-refractivity contribution is -0.116. The molecule has 0 bridgehead atoms. The maximum atomic E-state index is 12.3. The molecule has 0 saturated carbocycles. The van der Waals surface area contributed by atoms with Crippen LogP contribution in [0.5, 0.6) is 0 Å². The summed E-state index contributed by atoms with van der Waals surface area (Å²) in [7, 11) is 0. The van der Waals surface area contributed by atoms with Gasteiger partial charge in [-0.05, 0) is 42.0 Å². The third-order valence-corrected chi connectivity index (χ3v) is 4.31. The lowest BCUT2D eigenvalue weighted by Crippen LogP contribution is -2.20. The van der Waals surface area contributed by atoms with E-state index in [-0.39, 0.29) is 11.8 Å². The summed E-state index contributed by atoms with van der Waals surface area (Å²) in [5.74, 6) is -0.106. The number of nitrogens with zero attached hydrogens (tertiary/aromatic N) is 2. The Morgan fingerprint density at radius 2 is 1.73 bits per heavy atom. The Kier molecular flexibility index (Phi) is 5.61. The van der Waals surface area contributed by atoms with Gasteiger partial charge >= 0.3 is 0 Å². The van der Waals surface area contributed by atoms with Gasteiger partial charge < -0.3 is 15.1 Å². The van der Waals surface area contributed by atoms with Crippen molar-refractivity contribution in [2.24, 2.45) is 0 Å². The van der Waals surface area contributed by atoms with E-state index in [4.69, 9.17) is 4.42 Å². The highest BCUT2D eigenvalue weighted by molar-refractivity contribution is 6.04. The maximum absolute atomic E-state index is 12.3. The number of aromatic nitrogens is 2. The Hall–Kier alpha value is -4.26. The molecule has 0 aliphatic heterocycles. The molecule has 0 aliphatic carbocycles. The highest BCUT2D eigenvalue weighted by atomic mass is 16.3. The van der Waals surface area contributed by atoms with Crippen molar-refractivity contribution in [3.8, 4) is 0 Å². The van der Waals surface area contributed by atoms with Crippen LogP contribution in [-0.4, -0.2) is 21.8 Å². The summed E-state index contributed by atoms with van der Waals surface area (Å²) < 4.78 is 5.54. The number of benzene rings is 2. The largest absolute Gasteiger partial charge is 0.437 e. The molecule has 7 heteroatoms. The van der Waals surface area contributed by atoms with E-state index in [1.807, 2.05) is 24.3 Å². The quantitative estimate of drug-likeness (QED) is 0.482. The van der Waals surface area contributed by atoms with E-state index in [2.05, 4.69) is 20.6 Å². The molecule has 4 rings (SSSR count). The summed E-state index contributed by atoms with van der Waals surface area (Å²) in [6.45, 7) is 0.336. The number of anilines is 1. The molecule has 4 aromatic rings. The van der Waals surface area contributed by atoms with Crippen LogP contribution in [0.3, 0.4) is 0 Å². The van der Waals surface area contributed by atoms with Crippen LogP contribution in [0.4, 0.5) is 5.69 Å². The van der Waals surface area contributed by atoms with Gasteiger partial charge in [-0.15, -0.1) is 0 Å². The minimum atomic E-state index is -0.267. The van der Waals surface area contributed by atoms with E-state index >= 15 is 0 Å². The first kappa shape index (κ1) is 19.1. The van der Waals surface area contributed by atoms with Crippen molar-refractivity contribution in [3.05, 3.63) is 96.2 Å². The van der Waals surface area contributed by atoms with Crippen LogP contribution in [0.15, 0.2) is 83.6 Å². The van der Waals surface area contributed by atoms with E-state index in [9.17, 15) is 9.59 Å². The molecule has 0 unspecified atom stereocenters. The molecule has 0 atom stereocenters. The fourth-order valence-electron chi connectivity index (χ4n) is 2.77. The second-order valence-electron chi connectivity index (χ2n) is 6.46. The Labute approximate surface area is 172 Å². The SMILES string of the molecule is O=C(/C=C/c1nc2ccccc2o1)NCc1ccc(C(=O)Nc2ccncc2)cc1. The number of carbonyl (C=O) groups is 2. The number of hydrogen-bond donors (Lipinski definition) is 2. The smallest absolute Gasteiger partial charge is 0.255 e. The van der Waals surface area contributed by atoms with E-state index < -0.39 is 0 Å². The molecular weight excluding hydrogens is 380 g/mol. The van der Waals surface area contributed by atoms with E-state index in [0.717, 1.165) is 11.1 Å². The van der Waals surface area contributed by atoms with Crippen LogP contribution < -0.4 is 10.6 Å². The van der Waals surface area contributed by atoms with Gasteiger partial charge in [0.2, 0.25) is 11.8 Å². The monoisotopic (exact) mass is 398 g/mol. The van der Waals surface area contributed by atoms with Gasteiger partial charge in [0, 0.05) is 42.3 Å². The first-order chi connectivity index (χ1) is 14.7. The number of amides is 2. The van der Waals surface area contributed by atoms with Crippen LogP contribution in [0.1, 0.15) is 21.8 Å². The minimum Gasteiger partial charge on any atom is -0.437 e. The zero-order chi connectivity index (χ0) is 20.8. The van der Waals surface area contributed by atoms with Crippen LogP contribution in [0, 0.1) is 0 Å². The fraction of sp³-hybridized carbons (Fsp3) is 0.0435. The van der Waals surface area contributed by atoms with Crippen LogP contribution in [0.2, 0.25) is 0 Å². The number of nitrogens with one attached hydrogen (secondary N) is 2. The number of hydrogen-bond acceptors (Lipinski definition) is 5. The summed E-state index contributed by atoms with van der Waals surface area (Å²) in [4.78, 5) is 32.5. The summed E-state index contributed by atoms with van der Waals surface area (Å²) in [6.07, 6.45) is 6.13. The van der Waals surface area contributed by atoms with Gasteiger partial charge in [-0.3, -0.25) is 14.6 Å². The number of fused-ring (bicyclic) bond motifs is 1. The van der Waals surface area contributed by atoms with Crippen molar-refractivity contribution in [2.45, 2.75) is 6.54 Å². The Balaban J connectivity index is 1.30. The molecule has 7 nitrogen and oxygen atoms in total. The molecule has 0 saturated heterocycles. The maximum Gasteiger partial charge on any atom is 0.255 e. The molecule has 0 fully saturated rings. The minimum absolute atomic E-state index is 0.210. The van der Waals surface area contributed by atoms with Crippen LogP contribution in [0.25, 0.3) is 17.2 Å². The Morgan fingerprint density at radius 1 is 0.967 bits per heavy atom. The predicted molar refractivity (Wildman–Crippen MR) is 114 cm³/mol. The first-order valence-electron chi connectivity index (χ1n) is 9.29. The van der Waals surface area contributed by atoms with Crippen LogP contribution in [-0.2, 0) is 11.3 Å². The lowest BCUT2D eigenvalue weighted by atomic mass is 10.1. The van der Waals surface area contributed by atoms with E-state index in [1.165, 1.54) is 12.2 Å². The number of carbonyl (C=O) groups excluding carboxylic acids is 2. The summed E-state index contributed by atoms with van der Waals surface area (Å²) in [6, 6.07) is 17.9. The van der Waals surface area contributed by atoms with Gasteiger partial charge in [-0.25, -0.2) is 4.98 Å². The molecule has 0 radical (unpaired) electrons.